The summed E-state index contributed by atoms with van der Waals surface area (Å²) in [5.41, 5.74) is 4.57. The Balaban J connectivity index is 0.000000182. The number of methoxy groups -OCH3 is 1. The number of hydrogen-bond acceptors (Lipinski definition) is 8. The Morgan fingerprint density at radius 3 is 2.46 bits per heavy atom. The van der Waals surface area contributed by atoms with E-state index in [9.17, 15) is 18.4 Å². The molecule has 2 fully saturated rings. The third-order valence-corrected chi connectivity index (χ3v) is 9.61. The number of hydrogen-bond donors (Lipinski definition) is 2. The number of carbonyl (C=O) groups is 2. The van der Waals surface area contributed by atoms with Crippen molar-refractivity contribution in [2.75, 3.05) is 45.2 Å². The van der Waals surface area contributed by atoms with Crippen molar-refractivity contribution in [3.8, 4) is 22.6 Å². The van der Waals surface area contributed by atoms with Gasteiger partial charge in [0.05, 0.1) is 18.2 Å². The van der Waals surface area contributed by atoms with Gasteiger partial charge in [-0.1, -0.05) is 31.2 Å². The number of aromatic amines is 1. The average Bonchev–Trinajstić information content (AvgIpc) is 3.79. The topological polar surface area (TPSA) is 129 Å². The maximum absolute atomic E-state index is 12.7. The number of fused-ring (bicyclic) bond motifs is 1. The van der Waals surface area contributed by atoms with Gasteiger partial charge in [-0.15, -0.1) is 0 Å². The fraction of sp³-hybridized carbons (Fsp3) is 0.351. The second kappa shape index (κ2) is 15.6. The van der Waals surface area contributed by atoms with Gasteiger partial charge in [-0.05, 0) is 66.6 Å². The molecular weight excluding hydrogens is 642 g/mol. The van der Waals surface area contributed by atoms with Gasteiger partial charge >= 0.3 is 0 Å². The highest BCUT2D eigenvalue weighted by atomic mass is 19.3. The van der Waals surface area contributed by atoms with Gasteiger partial charge in [0.2, 0.25) is 12.3 Å². The second-order valence-corrected chi connectivity index (χ2v) is 12.8. The van der Waals surface area contributed by atoms with Crippen LogP contribution in [0.1, 0.15) is 43.9 Å². The van der Waals surface area contributed by atoms with E-state index in [0.717, 1.165) is 67.7 Å². The number of aromatic nitrogens is 5. The van der Waals surface area contributed by atoms with Crippen LogP contribution in [0.3, 0.4) is 0 Å². The van der Waals surface area contributed by atoms with E-state index in [0.29, 0.717) is 29.9 Å². The molecular formula is C37H40F2N8O3. The molecule has 3 aromatic heterocycles. The molecule has 2 N–H and O–H groups in total. The van der Waals surface area contributed by atoms with Gasteiger partial charge in [0.25, 0.3) is 6.43 Å². The fourth-order valence-corrected chi connectivity index (χ4v) is 6.54. The number of nitrogens with one attached hydrogen (secondary N) is 2. The van der Waals surface area contributed by atoms with Crippen molar-refractivity contribution in [1.82, 2.24) is 34.9 Å². The molecule has 0 saturated carbocycles. The number of rotatable bonds is 9. The number of H-pyrrole nitrogens is 1. The summed E-state index contributed by atoms with van der Waals surface area (Å²) in [6.07, 6.45) is 6.06. The lowest BCUT2D eigenvalue weighted by molar-refractivity contribution is -0.133. The molecule has 13 heteroatoms. The Morgan fingerprint density at radius 2 is 1.78 bits per heavy atom. The van der Waals surface area contributed by atoms with Crippen LogP contribution in [-0.2, 0) is 19.7 Å². The molecule has 11 nitrogen and oxygen atoms in total. The molecule has 2 saturated heterocycles. The van der Waals surface area contributed by atoms with Crippen molar-refractivity contribution in [3.63, 3.8) is 0 Å². The lowest BCUT2D eigenvalue weighted by atomic mass is 9.74. The van der Waals surface area contributed by atoms with Gasteiger partial charge in [0, 0.05) is 74.1 Å². The van der Waals surface area contributed by atoms with Gasteiger partial charge in [0.1, 0.15) is 11.4 Å². The Hall–Kier alpha value is -5.14. The van der Waals surface area contributed by atoms with Crippen LogP contribution in [-0.4, -0.2) is 93.2 Å². The SMILES string of the molecule is COC1CCN(CC(=O)N2CCC(C)(c3ccc(-c4ncccn4)cc3)CC2)C1.O=CNc1ccc2[nH]nc(-c3ccnc(C(F)F)c3)c2c1. The van der Waals surface area contributed by atoms with E-state index in [-0.39, 0.29) is 23.1 Å². The van der Waals surface area contributed by atoms with Gasteiger partial charge < -0.3 is 15.0 Å². The van der Waals surface area contributed by atoms with Crippen molar-refractivity contribution >= 4 is 28.9 Å². The lowest BCUT2D eigenvalue weighted by Crippen LogP contribution is -2.47. The number of pyridine rings is 1. The molecule has 2 amide bonds. The maximum atomic E-state index is 12.7. The molecule has 2 aliphatic heterocycles. The smallest absolute Gasteiger partial charge is 0.280 e. The van der Waals surface area contributed by atoms with Crippen molar-refractivity contribution in [3.05, 3.63) is 90.5 Å². The highest BCUT2D eigenvalue weighted by Crippen LogP contribution is 2.36. The second-order valence-electron chi connectivity index (χ2n) is 12.8. The summed E-state index contributed by atoms with van der Waals surface area (Å²) in [6, 6.07) is 18.5. The van der Waals surface area contributed by atoms with Crippen LogP contribution in [0.5, 0.6) is 0 Å². The van der Waals surface area contributed by atoms with Crippen molar-refractivity contribution in [2.24, 2.45) is 0 Å². The first-order chi connectivity index (χ1) is 24.3. The molecule has 0 bridgehead atoms. The molecule has 1 unspecified atom stereocenters. The van der Waals surface area contributed by atoms with Crippen LogP contribution in [0.2, 0.25) is 0 Å². The number of anilines is 1. The van der Waals surface area contributed by atoms with Crippen LogP contribution in [0.15, 0.2) is 79.3 Å². The number of carbonyl (C=O) groups excluding carboxylic acids is 2. The number of piperidine rings is 1. The van der Waals surface area contributed by atoms with Crippen molar-refractivity contribution in [2.45, 2.75) is 44.1 Å². The molecule has 0 aliphatic carbocycles. The van der Waals surface area contributed by atoms with Gasteiger partial charge in [-0.2, -0.15) is 5.10 Å². The molecule has 5 heterocycles. The van der Waals surface area contributed by atoms with Crippen LogP contribution in [0.25, 0.3) is 33.5 Å². The molecule has 2 aliphatic rings. The maximum Gasteiger partial charge on any atom is 0.280 e. The first-order valence-electron chi connectivity index (χ1n) is 16.6. The molecule has 0 spiro atoms. The zero-order valence-corrected chi connectivity index (χ0v) is 28.1. The highest BCUT2D eigenvalue weighted by molar-refractivity contribution is 5.95. The highest BCUT2D eigenvalue weighted by Gasteiger charge is 2.34. The van der Waals surface area contributed by atoms with Gasteiger partial charge in [-0.25, -0.2) is 18.7 Å². The zero-order valence-electron chi connectivity index (χ0n) is 28.1. The third-order valence-electron chi connectivity index (χ3n) is 9.61. The number of halogens is 2. The number of likely N-dealkylation sites (tertiary alicyclic amines) is 2. The molecule has 1 atom stereocenters. The summed E-state index contributed by atoms with van der Waals surface area (Å²) in [6.45, 7) is 6.29. The van der Waals surface area contributed by atoms with Gasteiger partial charge in [0.15, 0.2) is 5.82 Å². The van der Waals surface area contributed by atoms with Crippen LogP contribution >= 0.6 is 0 Å². The van der Waals surface area contributed by atoms with Gasteiger partial charge in [-0.3, -0.25) is 24.6 Å². The lowest BCUT2D eigenvalue weighted by Gasteiger charge is -2.40. The van der Waals surface area contributed by atoms with E-state index < -0.39 is 6.43 Å². The number of amides is 2. The normalized spacial score (nSPS) is 17.4. The number of ether oxygens (including phenoxy) is 1. The van der Waals surface area contributed by atoms with E-state index in [1.807, 2.05) is 11.0 Å². The molecule has 5 aromatic rings. The quantitative estimate of drug-likeness (QED) is 0.185. The summed E-state index contributed by atoms with van der Waals surface area (Å²) in [5, 5.41) is 10.3. The monoisotopic (exact) mass is 682 g/mol. The minimum Gasteiger partial charge on any atom is -0.380 e. The minimum atomic E-state index is -2.64. The fourth-order valence-electron chi connectivity index (χ4n) is 6.54. The molecule has 50 heavy (non-hydrogen) atoms. The van der Waals surface area contributed by atoms with Crippen LogP contribution in [0.4, 0.5) is 14.5 Å². The molecule has 0 radical (unpaired) electrons. The first kappa shape index (κ1) is 34.7. The number of alkyl halides is 2. The summed E-state index contributed by atoms with van der Waals surface area (Å²) < 4.78 is 30.9. The summed E-state index contributed by atoms with van der Waals surface area (Å²) in [5.74, 6) is 1.00. The van der Waals surface area contributed by atoms with Crippen molar-refractivity contribution < 1.29 is 23.1 Å². The van der Waals surface area contributed by atoms with Crippen LogP contribution < -0.4 is 5.32 Å². The first-order valence-corrected chi connectivity index (χ1v) is 16.6. The Labute approximate surface area is 289 Å². The van der Waals surface area contributed by atoms with E-state index in [4.69, 9.17) is 4.74 Å². The predicted molar refractivity (Wildman–Crippen MR) is 186 cm³/mol. The Bertz CT molecular complexity index is 1900. The molecule has 7 rings (SSSR count). The van der Waals surface area contributed by atoms with E-state index in [1.165, 1.54) is 17.8 Å². The number of nitrogens with zero attached hydrogens (tertiary/aromatic N) is 6. The third kappa shape index (κ3) is 8.01. The Kier molecular flexibility index (Phi) is 10.8. The van der Waals surface area contributed by atoms with Crippen molar-refractivity contribution in [1.29, 1.82) is 0 Å². The standard InChI is InChI=1S/C23H30N4O2.C14H10F2N4O/c1-23(19-6-4-18(5-7-19)22-24-11-3-12-25-22)9-14-27(15-10-23)21(28)17-26-13-8-20(16-26)29-2;15-14(16)12-5-8(3-4-17-12)13-10-6-9(18-7-21)1-2-11(10)19-20-13/h3-7,11-12,20H,8-10,13-17H2,1-2H3;1-7,14H,(H,18,21)(H,19,20). The summed E-state index contributed by atoms with van der Waals surface area (Å²) in [7, 11) is 1.75. The van der Waals surface area contributed by atoms with E-state index in [1.54, 1.807) is 43.8 Å². The van der Waals surface area contributed by atoms with Crippen LogP contribution in [0, 0.1) is 0 Å². The number of benzene rings is 2. The zero-order chi connectivity index (χ0) is 35.1. The minimum absolute atomic E-state index is 0.0989. The molecule has 2 aromatic carbocycles. The average molecular weight is 683 g/mol. The Morgan fingerprint density at radius 1 is 1.02 bits per heavy atom. The van der Waals surface area contributed by atoms with E-state index in [2.05, 4.69) is 66.6 Å². The predicted octanol–water partition coefficient (Wildman–Crippen LogP) is 5.88. The van der Waals surface area contributed by atoms with E-state index >= 15 is 0 Å². The largest absolute Gasteiger partial charge is 0.380 e. The molecule has 260 valence electrons. The summed E-state index contributed by atoms with van der Waals surface area (Å²) in [4.78, 5) is 39.8. The summed E-state index contributed by atoms with van der Waals surface area (Å²) >= 11 is 0.